The molecule has 1 unspecified atom stereocenters. The highest BCUT2D eigenvalue weighted by Gasteiger charge is 2.54. The van der Waals surface area contributed by atoms with Crippen molar-refractivity contribution in [2.75, 3.05) is 13.1 Å². The lowest BCUT2D eigenvalue weighted by Gasteiger charge is -2.56. The number of carbonyl (C=O) groups excluding carboxylic acids is 2. The van der Waals surface area contributed by atoms with Gasteiger partial charge in [-0.15, -0.1) is 0 Å². The number of aliphatic hydroxyl groups excluding tert-OH is 1. The molecule has 0 radical (unpaired) electrons. The zero-order chi connectivity index (χ0) is 22.2. The number of amides is 2. The third-order valence-electron chi connectivity index (χ3n) is 8.48. The minimum atomic E-state index is -0.532. The van der Waals surface area contributed by atoms with Crippen molar-refractivity contribution >= 4 is 11.8 Å². The number of rotatable bonds is 4. The summed E-state index contributed by atoms with van der Waals surface area (Å²) in [4.78, 5) is 35.6. The van der Waals surface area contributed by atoms with E-state index in [4.69, 9.17) is 0 Å². The van der Waals surface area contributed by atoms with Crippen molar-refractivity contribution in [2.24, 2.45) is 29.1 Å². The third kappa shape index (κ3) is 4.21. The number of aromatic nitrogens is 2. The number of likely N-dealkylation sites (tertiary alicyclic amines) is 1. The van der Waals surface area contributed by atoms with E-state index in [1.807, 2.05) is 11.8 Å². The first kappa shape index (κ1) is 22.2. The minimum absolute atomic E-state index is 0.0104. The Morgan fingerprint density at radius 1 is 1.19 bits per heavy atom. The van der Waals surface area contributed by atoms with Gasteiger partial charge in [-0.05, 0) is 61.7 Å². The minimum Gasteiger partial charge on any atom is -0.392 e. The van der Waals surface area contributed by atoms with E-state index in [-0.39, 0.29) is 46.9 Å². The number of aliphatic hydroxyl groups is 1. The van der Waals surface area contributed by atoms with Crippen molar-refractivity contribution in [2.45, 2.75) is 71.4 Å². The molecule has 170 valence electrons. The van der Waals surface area contributed by atoms with Crippen LogP contribution < -0.4 is 5.32 Å². The van der Waals surface area contributed by atoms with Crippen LogP contribution in [0.3, 0.4) is 0 Å². The van der Waals surface area contributed by atoms with Gasteiger partial charge >= 0.3 is 0 Å². The zero-order valence-corrected chi connectivity index (χ0v) is 19.0. The number of hydrogen-bond donors (Lipinski definition) is 2. The summed E-state index contributed by atoms with van der Waals surface area (Å²) in [5.74, 6) is 0.0280. The Labute approximate surface area is 185 Å². The molecule has 1 aromatic heterocycles. The molecule has 0 aromatic carbocycles. The van der Waals surface area contributed by atoms with Gasteiger partial charge in [-0.3, -0.25) is 9.59 Å². The van der Waals surface area contributed by atoms with E-state index in [0.29, 0.717) is 5.56 Å². The maximum Gasteiger partial charge on any atom is 0.254 e. The lowest BCUT2D eigenvalue weighted by molar-refractivity contribution is -0.149. The van der Waals surface area contributed by atoms with E-state index in [1.165, 1.54) is 18.7 Å². The standard InChI is InChI=1S/C24H36N4O3/c1-15(23(31)28-10-4-5-11-28)18-6-8-24(3)9-7-19(16(2)20(24)21(18)29)27-22(30)17-12-25-14-26-13-17/h12-16,18-21,29H,4-11H2,1-3H3,(H,27,30)/t15-,16+,18?,19-,20+,21-,24-/m0/s1. The fourth-order valence-corrected chi connectivity index (χ4v) is 6.57. The lowest BCUT2D eigenvalue weighted by Crippen LogP contribution is -2.58. The lowest BCUT2D eigenvalue weighted by atomic mass is 9.51. The second-order valence-electron chi connectivity index (χ2n) is 10.3. The van der Waals surface area contributed by atoms with Crippen LogP contribution in [0.25, 0.3) is 0 Å². The molecule has 1 aliphatic heterocycles. The Balaban J connectivity index is 1.48. The molecule has 4 rings (SSSR count). The summed E-state index contributed by atoms with van der Waals surface area (Å²) in [5.41, 5.74) is 0.498. The van der Waals surface area contributed by atoms with Gasteiger partial charge in [-0.2, -0.15) is 0 Å². The second-order valence-corrected chi connectivity index (χ2v) is 10.3. The van der Waals surface area contributed by atoms with Crippen LogP contribution in [0.2, 0.25) is 0 Å². The summed E-state index contributed by atoms with van der Waals surface area (Å²) in [6.45, 7) is 8.12. The molecule has 31 heavy (non-hydrogen) atoms. The van der Waals surface area contributed by atoms with Crippen LogP contribution in [0, 0.1) is 29.1 Å². The highest BCUT2D eigenvalue weighted by Crippen LogP contribution is 2.55. The van der Waals surface area contributed by atoms with E-state index < -0.39 is 6.10 Å². The number of fused-ring (bicyclic) bond motifs is 1. The van der Waals surface area contributed by atoms with E-state index in [1.54, 1.807) is 0 Å². The van der Waals surface area contributed by atoms with Gasteiger partial charge < -0.3 is 15.3 Å². The van der Waals surface area contributed by atoms with Gasteiger partial charge in [0.15, 0.2) is 0 Å². The molecule has 2 N–H and O–H groups in total. The Morgan fingerprint density at radius 3 is 2.52 bits per heavy atom. The summed E-state index contributed by atoms with van der Waals surface area (Å²) in [6.07, 6.45) is 9.87. The predicted molar refractivity (Wildman–Crippen MR) is 117 cm³/mol. The summed E-state index contributed by atoms with van der Waals surface area (Å²) < 4.78 is 0. The molecular formula is C24H36N4O3. The topological polar surface area (TPSA) is 95.4 Å². The molecule has 3 aliphatic rings. The van der Waals surface area contributed by atoms with E-state index in [9.17, 15) is 14.7 Å². The van der Waals surface area contributed by atoms with Crippen molar-refractivity contribution in [1.29, 1.82) is 0 Å². The molecule has 0 bridgehead atoms. The predicted octanol–water partition coefficient (Wildman–Crippen LogP) is 2.66. The fraction of sp³-hybridized carbons (Fsp3) is 0.750. The van der Waals surface area contributed by atoms with Gasteiger partial charge in [0, 0.05) is 37.4 Å². The van der Waals surface area contributed by atoms with Gasteiger partial charge in [0.2, 0.25) is 5.91 Å². The molecule has 3 fully saturated rings. The van der Waals surface area contributed by atoms with Crippen LogP contribution >= 0.6 is 0 Å². The fourth-order valence-electron chi connectivity index (χ4n) is 6.57. The largest absolute Gasteiger partial charge is 0.392 e. The van der Waals surface area contributed by atoms with Crippen LogP contribution in [0.5, 0.6) is 0 Å². The summed E-state index contributed by atoms with van der Waals surface area (Å²) in [5, 5.41) is 14.7. The van der Waals surface area contributed by atoms with Crippen LogP contribution in [0.15, 0.2) is 18.7 Å². The van der Waals surface area contributed by atoms with Gasteiger partial charge in [0.05, 0.1) is 11.7 Å². The number of nitrogens with zero attached hydrogens (tertiary/aromatic N) is 3. The van der Waals surface area contributed by atoms with Gasteiger partial charge in [-0.25, -0.2) is 9.97 Å². The third-order valence-corrected chi connectivity index (χ3v) is 8.48. The van der Waals surface area contributed by atoms with Crippen LogP contribution in [0.1, 0.15) is 69.7 Å². The molecule has 1 aromatic rings. The highest BCUT2D eigenvalue weighted by molar-refractivity contribution is 5.93. The summed E-state index contributed by atoms with van der Waals surface area (Å²) >= 11 is 0. The normalized spacial score (nSPS) is 36.5. The Bertz CT molecular complexity index is 797. The molecule has 2 saturated carbocycles. The molecular weight excluding hydrogens is 392 g/mol. The van der Waals surface area contributed by atoms with Crippen LogP contribution in [-0.2, 0) is 4.79 Å². The molecule has 7 heteroatoms. The monoisotopic (exact) mass is 428 g/mol. The maximum atomic E-state index is 13.0. The average Bonchev–Trinajstić information content (AvgIpc) is 3.30. The zero-order valence-electron chi connectivity index (χ0n) is 19.0. The SMILES string of the molecule is C[C@H]1[C@@H]2[C@@H](O)C([C@H](C)C(=O)N3CCCC3)CC[C@@]2(C)CC[C@@H]1NC(=O)c1cncnc1. The van der Waals surface area contributed by atoms with Crippen molar-refractivity contribution in [3.05, 3.63) is 24.3 Å². The first-order valence-corrected chi connectivity index (χ1v) is 11.8. The molecule has 0 spiro atoms. The van der Waals surface area contributed by atoms with Crippen molar-refractivity contribution in [3.8, 4) is 0 Å². The molecule has 7 nitrogen and oxygen atoms in total. The Hall–Kier alpha value is -2.02. The average molecular weight is 429 g/mol. The first-order chi connectivity index (χ1) is 14.8. The molecule has 1 saturated heterocycles. The molecule has 2 amide bonds. The number of carbonyl (C=O) groups is 2. The first-order valence-electron chi connectivity index (χ1n) is 11.8. The second kappa shape index (κ2) is 8.85. The quantitative estimate of drug-likeness (QED) is 0.769. The van der Waals surface area contributed by atoms with Crippen LogP contribution in [-0.4, -0.2) is 57.0 Å². The van der Waals surface area contributed by atoms with E-state index in [2.05, 4.69) is 29.1 Å². The Kier molecular flexibility index (Phi) is 6.33. The molecule has 2 heterocycles. The van der Waals surface area contributed by atoms with E-state index >= 15 is 0 Å². The highest BCUT2D eigenvalue weighted by atomic mass is 16.3. The van der Waals surface area contributed by atoms with Crippen LogP contribution in [0.4, 0.5) is 0 Å². The molecule has 7 atom stereocenters. The smallest absolute Gasteiger partial charge is 0.254 e. The maximum absolute atomic E-state index is 13.0. The van der Waals surface area contributed by atoms with Gasteiger partial charge in [-0.1, -0.05) is 20.8 Å². The Morgan fingerprint density at radius 2 is 1.84 bits per heavy atom. The van der Waals surface area contributed by atoms with Gasteiger partial charge in [0.1, 0.15) is 6.33 Å². The number of hydrogen-bond acceptors (Lipinski definition) is 5. The van der Waals surface area contributed by atoms with Crippen molar-refractivity contribution < 1.29 is 14.7 Å². The van der Waals surface area contributed by atoms with E-state index in [0.717, 1.165) is 51.6 Å². The molecule has 2 aliphatic carbocycles. The summed E-state index contributed by atoms with van der Waals surface area (Å²) in [7, 11) is 0. The van der Waals surface area contributed by atoms with Crippen molar-refractivity contribution in [3.63, 3.8) is 0 Å². The summed E-state index contributed by atoms with van der Waals surface area (Å²) in [6, 6.07) is -0.0104. The van der Waals surface area contributed by atoms with Gasteiger partial charge in [0.25, 0.3) is 5.91 Å². The van der Waals surface area contributed by atoms with Crippen molar-refractivity contribution in [1.82, 2.24) is 20.2 Å². The number of nitrogens with one attached hydrogen (secondary N) is 1.